The van der Waals surface area contributed by atoms with E-state index in [4.69, 9.17) is 9.26 Å². The number of ether oxygens (including phenoxy) is 1. The standard InChI is InChI=1S/C19H17FN4O3/c20-14-3-1-2-11-12(5-7-26-16(11)14)19-23-17(24-27-19)13-8-10-9-21-6-4-15(10)22-18(13)25/h1-3,8,12,21H,4-7,9H2,(H,22,25). The summed E-state index contributed by atoms with van der Waals surface area (Å²) in [5.74, 6) is 0.158. The van der Waals surface area contributed by atoms with Gasteiger partial charge in [0.05, 0.1) is 18.1 Å². The van der Waals surface area contributed by atoms with Gasteiger partial charge in [-0.15, -0.1) is 0 Å². The molecule has 0 radical (unpaired) electrons. The summed E-state index contributed by atoms with van der Waals surface area (Å²) in [6.45, 7) is 1.90. The molecule has 7 nitrogen and oxygen atoms in total. The second-order valence-corrected chi connectivity index (χ2v) is 6.75. The minimum Gasteiger partial charge on any atom is -0.490 e. The number of nitrogens with one attached hydrogen (secondary N) is 2. The average Bonchev–Trinajstić information content (AvgIpc) is 3.17. The van der Waals surface area contributed by atoms with Gasteiger partial charge in [-0.2, -0.15) is 4.98 Å². The molecule has 1 unspecified atom stereocenters. The van der Waals surface area contributed by atoms with Gasteiger partial charge in [0.1, 0.15) is 0 Å². The summed E-state index contributed by atoms with van der Waals surface area (Å²) >= 11 is 0. The number of nitrogens with zero attached hydrogens (tertiary/aromatic N) is 2. The van der Waals surface area contributed by atoms with Crippen molar-refractivity contribution in [2.24, 2.45) is 0 Å². The van der Waals surface area contributed by atoms with Crippen LogP contribution in [0.5, 0.6) is 5.75 Å². The molecule has 1 aromatic carbocycles. The molecule has 0 fully saturated rings. The predicted molar refractivity (Wildman–Crippen MR) is 94.1 cm³/mol. The first-order chi connectivity index (χ1) is 13.2. The van der Waals surface area contributed by atoms with E-state index in [2.05, 4.69) is 20.4 Å². The quantitative estimate of drug-likeness (QED) is 0.720. The average molecular weight is 368 g/mol. The number of pyridine rings is 1. The van der Waals surface area contributed by atoms with Crippen molar-refractivity contribution in [2.45, 2.75) is 25.3 Å². The number of aromatic amines is 1. The van der Waals surface area contributed by atoms with Crippen LogP contribution in [0.2, 0.25) is 0 Å². The van der Waals surface area contributed by atoms with Crippen LogP contribution in [0.3, 0.4) is 0 Å². The second-order valence-electron chi connectivity index (χ2n) is 6.75. The van der Waals surface area contributed by atoms with Gasteiger partial charge in [0, 0.05) is 30.8 Å². The molecular formula is C19H17FN4O3. The van der Waals surface area contributed by atoms with Crippen LogP contribution in [-0.2, 0) is 13.0 Å². The van der Waals surface area contributed by atoms with Gasteiger partial charge in [-0.05, 0) is 24.1 Å². The van der Waals surface area contributed by atoms with Crippen molar-refractivity contribution < 1.29 is 13.7 Å². The molecule has 0 amide bonds. The van der Waals surface area contributed by atoms with Crippen molar-refractivity contribution in [3.05, 3.63) is 63.1 Å². The highest BCUT2D eigenvalue weighted by molar-refractivity contribution is 5.55. The molecule has 2 aliphatic rings. The molecular weight excluding hydrogens is 351 g/mol. The van der Waals surface area contributed by atoms with E-state index in [0.29, 0.717) is 36.6 Å². The minimum absolute atomic E-state index is 0.228. The lowest BCUT2D eigenvalue weighted by molar-refractivity contribution is 0.246. The number of fused-ring (bicyclic) bond motifs is 2. The number of hydrogen-bond donors (Lipinski definition) is 2. The van der Waals surface area contributed by atoms with Crippen molar-refractivity contribution in [3.8, 4) is 17.1 Å². The molecule has 5 rings (SSSR count). The van der Waals surface area contributed by atoms with Gasteiger partial charge >= 0.3 is 0 Å². The van der Waals surface area contributed by atoms with Crippen LogP contribution >= 0.6 is 0 Å². The Labute approximate surface area is 153 Å². The van der Waals surface area contributed by atoms with Crippen LogP contribution in [-0.4, -0.2) is 28.3 Å². The Morgan fingerprint density at radius 3 is 3.15 bits per heavy atom. The summed E-state index contributed by atoms with van der Waals surface area (Å²) in [7, 11) is 0. The maximum Gasteiger partial charge on any atom is 0.259 e. The van der Waals surface area contributed by atoms with E-state index in [1.807, 2.05) is 6.07 Å². The van der Waals surface area contributed by atoms with Crippen LogP contribution in [0.1, 0.15) is 35.1 Å². The first-order valence-corrected chi connectivity index (χ1v) is 8.91. The van der Waals surface area contributed by atoms with Crippen molar-refractivity contribution in [3.63, 3.8) is 0 Å². The Morgan fingerprint density at radius 1 is 1.30 bits per heavy atom. The van der Waals surface area contributed by atoms with E-state index in [-0.39, 0.29) is 23.1 Å². The van der Waals surface area contributed by atoms with Crippen LogP contribution in [0, 0.1) is 5.82 Å². The number of aromatic nitrogens is 3. The summed E-state index contributed by atoms with van der Waals surface area (Å²) in [5.41, 5.74) is 2.79. The van der Waals surface area contributed by atoms with E-state index in [1.165, 1.54) is 6.07 Å². The fourth-order valence-corrected chi connectivity index (χ4v) is 3.72. The van der Waals surface area contributed by atoms with Gasteiger partial charge < -0.3 is 19.6 Å². The topological polar surface area (TPSA) is 93.0 Å². The molecule has 0 saturated carbocycles. The first-order valence-electron chi connectivity index (χ1n) is 8.91. The fourth-order valence-electron chi connectivity index (χ4n) is 3.72. The molecule has 27 heavy (non-hydrogen) atoms. The van der Waals surface area contributed by atoms with Gasteiger partial charge in [0.2, 0.25) is 11.7 Å². The maximum atomic E-state index is 14.0. The van der Waals surface area contributed by atoms with Gasteiger partial charge in [-0.25, -0.2) is 4.39 Å². The number of rotatable bonds is 2. The SMILES string of the molecule is O=c1[nH]c2c(cc1-c1noc(C3CCOc4c(F)cccc43)n1)CNCC2. The lowest BCUT2D eigenvalue weighted by Crippen LogP contribution is -2.27. The molecule has 2 N–H and O–H groups in total. The van der Waals surface area contributed by atoms with E-state index in [1.54, 1.807) is 12.1 Å². The van der Waals surface area contributed by atoms with E-state index >= 15 is 0 Å². The highest BCUT2D eigenvalue weighted by Crippen LogP contribution is 2.39. The highest BCUT2D eigenvalue weighted by Gasteiger charge is 2.30. The molecule has 2 aromatic heterocycles. The monoisotopic (exact) mass is 368 g/mol. The Bertz CT molecular complexity index is 1080. The van der Waals surface area contributed by atoms with Crippen LogP contribution < -0.4 is 15.6 Å². The van der Waals surface area contributed by atoms with Crippen LogP contribution in [0.4, 0.5) is 4.39 Å². The number of hydrogen-bond acceptors (Lipinski definition) is 6. The molecule has 2 aliphatic heterocycles. The molecule has 0 saturated heterocycles. The molecule has 138 valence electrons. The summed E-state index contributed by atoms with van der Waals surface area (Å²) in [4.78, 5) is 19.8. The Kier molecular flexibility index (Phi) is 3.78. The zero-order chi connectivity index (χ0) is 18.4. The summed E-state index contributed by atoms with van der Waals surface area (Å²) in [6.07, 6.45) is 1.38. The highest BCUT2D eigenvalue weighted by atomic mass is 19.1. The van der Waals surface area contributed by atoms with Crippen LogP contribution in [0.15, 0.2) is 33.6 Å². The Morgan fingerprint density at radius 2 is 2.22 bits per heavy atom. The van der Waals surface area contributed by atoms with Gasteiger partial charge in [-0.3, -0.25) is 4.79 Å². The van der Waals surface area contributed by atoms with Gasteiger partial charge in [0.25, 0.3) is 5.56 Å². The van der Waals surface area contributed by atoms with Gasteiger partial charge in [-0.1, -0.05) is 17.3 Å². The molecule has 1 atom stereocenters. The lowest BCUT2D eigenvalue weighted by atomic mass is 9.93. The third kappa shape index (κ3) is 2.73. The van der Waals surface area contributed by atoms with E-state index in [0.717, 1.165) is 24.2 Å². The molecule has 0 spiro atoms. The summed E-state index contributed by atoms with van der Waals surface area (Å²) < 4.78 is 24.9. The largest absolute Gasteiger partial charge is 0.490 e. The Hall–Kier alpha value is -3.00. The smallest absolute Gasteiger partial charge is 0.259 e. The van der Waals surface area contributed by atoms with Crippen LogP contribution in [0.25, 0.3) is 11.4 Å². The predicted octanol–water partition coefficient (Wildman–Crippen LogP) is 2.12. The zero-order valence-corrected chi connectivity index (χ0v) is 14.4. The third-order valence-electron chi connectivity index (χ3n) is 5.09. The number of benzene rings is 1. The number of H-pyrrole nitrogens is 1. The lowest BCUT2D eigenvalue weighted by Gasteiger charge is -2.23. The summed E-state index contributed by atoms with van der Waals surface area (Å²) in [6, 6.07) is 6.60. The summed E-state index contributed by atoms with van der Waals surface area (Å²) in [5, 5.41) is 7.28. The minimum atomic E-state index is -0.407. The molecule has 8 heteroatoms. The third-order valence-corrected chi connectivity index (χ3v) is 5.09. The molecule has 0 bridgehead atoms. The second kappa shape index (κ2) is 6.31. The normalized spacial score (nSPS) is 18.5. The molecule has 3 aromatic rings. The van der Waals surface area contributed by atoms with E-state index < -0.39 is 5.82 Å². The Balaban J connectivity index is 1.54. The number of halogens is 1. The fraction of sp³-hybridized carbons (Fsp3) is 0.316. The molecule has 0 aliphatic carbocycles. The van der Waals surface area contributed by atoms with Crippen molar-refractivity contribution >= 4 is 0 Å². The van der Waals surface area contributed by atoms with Crippen molar-refractivity contribution in [1.29, 1.82) is 0 Å². The van der Waals surface area contributed by atoms with Crippen molar-refractivity contribution in [1.82, 2.24) is 20.4 Å². The number of para-hydroxylation sites is 1. The zero-order valence-electron chi connectivity index (χ0n) is 14.4. The molecule has 4 heterocycles. The first kappa shape index (κ1) is 16.2. The van der Waals surface area contributed by atoms with E-state index in [9.17, 15) is 9.18 Å². The maximum absolute atomic E-state index is 14.0. The van der Waals surface area contributed by atoms with Gasteiger partial charge in [0.15, 0.2) is 11.6 Å². The van der Waals surface area contributed by atoms with Crippen molar-refractivity contribution in [2.75, 3.05) is 13.2 Å².